The van der Waals surface area contributed by atoms with Gasteiger partial charge in [0.1, 0.15) is 0 Å². The molecule has 17 heavy (non-hydrogen) atoms. The number of carbonyl (C=O) groups excluding carboxylic acids is 1. The number of fused-ring (bicyclic) bond motifs is 5. The average molecular weight is 239 g/mol. The van der Waals surface area contributed by atoms with Crippen molar-refractivity contribution in [3.8, 4) is 0 Å². The minimum Gasteiger partial charge on any atom is -0.394 e. The number of ether oxygens (including phenoxy) is 1. The molecule has 4 atom stereocenters. The molecule has 0 aromatic carbocycles. The summed E-state index contributed by atoms with van der Waals surface area (Å²) in [7, 11) is 0. The van der Waals surface area contributed by atoms with Gasteiger partial charge in [-0.25, -0.2) is 0 Å². The Balaban J connectivity index is 1.38. The van der Waals surface area contributed by atoms with Crippen molar-refractivity contribution in [2.45, 2.75) is 19.3 Å². The van der Waals surface area contributed by atoms with E-state index in [4.69, 9.17) is 9.84 Å². The summed E-state index contributed by atoms with van der Waals surface area (Å²) >= 11 is 0. The van der Waals surface area contributed by atoms with Crippen LogP contribution in [-0.2, 0) is 9.53 Å². The maximum atomic E-state index is 12.0. The highest BCUT2D eigenvalue weighted by molar-refractivity contribution is 5.82. The first-order valence-electron chi connectivity index (χ1n) is 6.79. The van der Waals surface area contributed by atoms with Gasteiger partial charge in [0.15, 0.2) is 0 Å². The zero-order chi connectivity index (χ0) is 11.8. The number of nitrogens with one attached hydrogen (secondary N) is 1. The molecule has 0 heterocycles. The van der Waals surface area contributed by atoms with Gasteiger partial charge in [-0.2, -0.15) is 0 Å². The van der Waals surface area contributed by atoms with Crippen LogP contribution in [0.5, 0.6) is 0 Å². The largest absolute Gasteiger partial charge is 0.394 e. The van der Waals surface area contributed by atoms with Gasteiger partial charge in [0.05, 0.1) is 19.8 Å². The number of rotatable bonds is 6. The molecule has 1 amide bonds. The average Bonchev–Trinajstić information content (AvgIpc) is 2.78. The second-order valence-corrected chi connectivity index (χ2v) is 5.64. The van der Waals surface area contributed by atoms with Gasteiger partial charge in [0.2, 0.25) is 5.91 Å². The molecule has 2 bridgehead atoms. The van der Waals surface area contributed by atoms with Crippen LogP contribution in [0, 0.1) is 29.6 Å². The highest BCUT2D eigenvalue weighted by Gasteiger charge is 2.67. The van der Waals surface area contributed by atoms with Crippen LogP contribution in [0.1, 0.15) is 19.3 Å². The molecule has 3 fully saturated rings. The van der Waals surface area contributed by atoms with Gasteiger partial charge in [0.25, 0.3) is 0 Å². The molecule has 3 aliphatic carbocycles. The lowest BCUT2D eigenvalue weighted by molar-refractivity contribution is -0.123. The fourth-order valence-electron chi connectivity index (χ4n) is 4.21. The number of carbonyl (C=O) groups is 1. The third kappa shape index (κ3) is 1.97. The Morgan fingerprint density at radius 3 is 2.59 bits per heavy atom. The fourth-order valence-corrected chi connectivity index (χ4v) is 4.21. The number of hydrogen-bond acceptors (Lipinski definition) is 3. The Kier molecular flexibility index (Phi) is 3.09. The van der Waals surface area contributed by atoms with Crippen LogP contribution >= 0.6 is 0 Å². The van der Waals surface area contributed by atoms with Crippen molar-refractivity contribution in [3.63, 3.8) is 0 Å². The molecule has 4 heteroatoms. The molecule has 4 nitrogen and oxygen atoms in total. The third-order valence-corrected chi connectivity index (χ3v) is 4.82. The predicted octanol–water partition coefficient (Wildman–Crippen LogP) is 0.404. The van der Waals surface area contributed by atoms with Crippen molar-refractivity contribution >= 4 is 5.91 Å². The van der Waals surface area contributed by atoms with Gasteiger partial charge in [-0.3, -0.25) is 4.79 Å². The van der Waals surface area contributed by atoms with E-state index >= 15 is 0 Å². The maximum absolute atomic E-state index is 12.0. The Bertz CT molecular complexity index is 291. The third-order valence-electron chi connectivity index (χ3n) is 4.82. The molecule has 0 aromatic rings. The summed E-state index contributed by atoms with van der Waals surface area (Å²) in [5.74, 6) is 3.69. The predicted molar refractivity (Wildman–Crippen MR) is 62.2 cm³/mol. The molecule has 0 saturated heterocycles. The standard InChI is InChI=1S/C13H21NO3/c15-4-6-17-5-3-14-13(16)12-10-8-1-2-9(7-8)11(10)12/h8-12,15H,1-7H2,(H,14,16). The van der Waals surface area contributed by atoms with E-state index in [9.17, 15) is 4.79 Å². The summed E-state index contributed by atoms with van der Waals surface area (Å²) in [5, 5.41) is 11.5. The van der Waals surface area contributed by atoms with Crippen molar-refractivity contribution in [2.75, 3.05) is 26.4 Å². The van der Waals surface area contributed by atoms with Gasteiger partial charge in [-0.15, -0.1) is 0 Å². The lowest BCUT2D eigenvalue weighted by atomic mass is 10.0. The Morgan fingerprint density at radius 1 is 1.24 bits per heavy atom. The highest BCUT2D eigenvalue weighted by Crippen LogP contribution is 2.69. The summed E-state index contributed by atoms with van der Waals surface area (Å²) in [5.41, 5.74) is 0. The molecular formula is C13H21NO3. The van der Waals surface area contributed by atoms with E-state index in [-0.39, 0.29) is 12.5 Å². The van der Waals surface area contributed by atoms with E-state index in [1.807, 2.05) is 0 Å². The van der Waals surface area contributed by atoms with Crippen molar-refractivity contribution in [1.82, 2.24) is 5.32 Å². The zero-order valence-electron chi connectivity index (χ0n) is 10.1. The summed E-state index contributed by atoms with van der Waals surface area (Å²) < 4.78 is 5.12. The summed E-state index contributed by atoms with van der Waals surface area (Å²) in [6.07, 6.45) is 4.10. The maximum Gasteiger partial charge on any atom is 0.223 e. The first-order valence-corrected chi connectivity index (χ1v) is 6.79. The molecule has 3 rings (SSSR count). The first kappa shape index (κ1) is 11.5. The van der Waals surface area contributed by atoms with Gasteiger partial charge in [0, 0.05) is 12.5 Å². The summed E-state index contributed by atoms with van der Waals surface area (Å²) in [6, 6.07) is 0. The lowest BCUT2D eigenvalue weighted by Crippen LogP contribution is -2.30. The van der Waals surface area contributed by atoms with Crippen molar-refractivity contribution < 1.29 is 14.6 Å². The van der Waals surface area contributed by atoms with Crippen molar-refractivity contribution in [3.05, 3.63) is 0 Å². The monoisotopic (exact) mass is 239 g/mol. The number of aliphatic hydroxyl groups excluding tert-OH is 1. The second-order valence-electron chi connectivity index (χ2n) is 5.64. The van der Waals surface area contributed by atoms with Gasteiger partial charge >= 0.3 is 0 Å². The first-order chi connectivity index (χ1) is 8.33. The van der Waals surface area contributed by atoms with Crippen LogP contribution in [-0.4, -0.2) is 37.4 Å². The van der Waals surface area contributed by atoms with E-state index in [2.05, 4.69) is 5.32 Å². The Labute approximate surface area is 102 Å². The molecule has 0 aliphatic heterocycles. The van der Waals surface area contributed by atoms with Gasteiger partial charge in [-0.1, -0.05) is 0 Å². The van der Waals surface area contributed by atoms with Crippen LogP contribution in [0.2, 0.25) is 0 Å². The zero-order valence-corrected chi connectivity index (χ0v) is 10.1. The van der Waals surface area contributed by atoms with Crippen molar-refractivity contribution in [2.24, 2.45) is 29.6 Å². The van der Waals surface area contributed by atoms with Crippen LogP contribution in [0.4, 0.5) is 0 Å². The van der Waals surface area contributed by atoms with Gasteiger partial charge in [-0.05, 0) is 42.9 Å². The summed E-state index contributed by atoms with van der Waals surface area (Å²) in [6.45, 7) is 1.48. The fraction of sp³-hybridized carbons (Fsp3) is 0.923. The summed E-state index contributed by atoms with van der Waals surface area (Å²) in [4.78, 5) is 12.0. The number of hydrogen-bond donors (Lipinski definition) is 2. The molecule has 2 N–H and O–H groups in total. The Hall–Kier alpha value is -0.610. The number of aliphatic hydroxyl groups is 1. The molecule has 3 saturated carbocycles. The molecule has 0 radical (unpaired) electrons. The SMILES string of the molecule is O=C(NCCOCCO)C1C2C3CCC(C3)C12. The van der Waals surface area contributed by atoms with E-state index in [0.29, 0.717) is 37.5 Å². The van der Waals surface area contributed by atoms with Gasteiger partial charge < -0.3 is 15.2 Å². The topological polar surface area (TPSA) is 58.6 Å². The Morgan fingerprint density at radius 2 is 1.94 bits per heavy atom. The normalized spacial score (nSPS) is 41.4. The molecule has 4 unspecified atom stereocenters. The van der Waals surface area contributed by atoms with E-state index < -0.39 is 0 Å². The van der Waals surface area contributed by atoms with Crippen LogP contribution < -0.4 is 5.32 Å². The molecule has 0 spiro atoms. The quantitative estimate of drug-likeness (QED) is 0.660. The van der Waals surface area contributed by atoms with Crippen molar-refractivity contribution in [1.29, 1.82) is 0 Å². The minimum absolute atomic E-state index is 0.0457. The lowest BCUT2D eigenvalue weighted by Gasteiger charge is -2.09. The van der Waals surface area contributed by atoms with E-state index in [1.165, 1.54) is 19.3 Å². The van der Waals surface area contributed by atoms with Crippen LogP contribution in [0.15, 0.2) is 0 Å². The minimum atomic E-state index is 0.0457. The molecule has 3 aliphatic rings. The van der Waals surface area contributed by atoms with E-state index in [0.717, 1.165) is 11.8 Å². The smallest absolute Gasteiger partial charge is 0.223 e. The highest BCUT2D eigenvalue weighted by atomic mass is 16.5. The van der Waals surface area contributed by atoms with Crippen LogP contribution in [0.25, 0.3) is 0 Å². The van der Waals surface area contributed by atoms with Crippen LogP contribution in [0.3, 0.4) is 0 Å². The second kappa shape index (κ2) is 4.58. The molecule has 0 aromatic heterocycles. The number of amides is 1. The molecular weight excluding hydrogens is 218 g/mol. The van der Waals surface area contributed by atoms with E-state index in [1.54, 1.807) is 0 Å². The molecule has 96 valence electrons.